The van der Waals surface area contributed by atoms with Crippen LogP contribution in [0, 0.1) is 10.1 Å². The number of nitro groups is 1. The second-order valence-electron chi connectivity index (χ2n) is 4.46. The zero-order valence-corrected chi connectivity index (χ0v) is 10.5. The van der Waals surface area contributed by atoms with Gasteiger partial charge in [0.05, 0.1) is 4.92 Å². The van der Waals surface area contributed by atoms with E-state index < -0.39 is 16.6 Å². The van der Waals surface area contributed by atoms with Crippen molar-refractivity contribution in [2.75, 3.05) is 6.54 Å². The highest BCUT2D eigenvalue weighted by Crippen LogP contribution is 2.22. The lowest BCUT2D eigenvalue weighted by atomic mass is 10.0. The minimum atomic E-state index is -1.34. The van der Waals surface area contributed by atoms with Gasteiger partial charge in [0.25, 0.3) is 5.69 Å². The van der Waals surface area contributed by atoms with E-state index in [9.17, 15) is 19.7 Å². The standard InChI is InChI=1S/C12H13N3O5/c16-10-4-8(6-14-10)13-5-7-2-1-3-9(15(19)20)11(7)12(17)18/h1-3,8,13H,4-6H2,(H,14,16)(H,17,18). The summed E-state index contributed by atoms with van der Waals surface area (Å²) >= 11 is 0. The summed E-state index contributed by atoms with van der Waals surface area (Å²) in [5, 5.41) is 25.6. The van der Waals surface area contributed by atoms with Crippen LogP contribution >= 0.6 is 0 Å². The van der Waals surface area contributed by atoms with Gasteiger partial charge in [0.1, 0.15) is 5.56 Å². The molecule has 106 valence electrons. The maximum absolute atomic E-state index is 11.2. The van der Waals surface area contributed by atoms with Crippen LogP contribution in [0.3, 0.4) is 0 Å². The molecule has 0 bridgehead atoms. The number of hydrogen-bond donors (Lipinski definition) is 3. The van der Waals surface area contributed by atoms with Crippen molar-refractivity contribution in [1.82, 2.24) is 10.6 Å². The minimum absolute atomic E-state index is 0.0694. The van der Waals surface area contributed by atoms with E-state index in [1.807, 2.05) is 0 Å². The Kier molecular flexibility index (Phi) is 3.94. The average molecular weight is 279 g/mol. The first-order valence-corrected chi connectivity index (χ1v) is 5.98. The van der Waals surface area contributed by atoms with Gasteiger partial charge in [-0.25, -0.2) is 4.79 Å². The first-order chi connectivity index (χ1) is 9.49. The molecule has 1 unspecified atom stereocenters. The van der Waals surface area contributed by atoms with Crippen LogP contribution in [0.4, 0.5) is 5.69 Å². The fourth-order valence-electron chi connectivity index (χ4n) is 2.14. The molecule has 8 nitrogen and oxygen atoms in total. The van der Waals surface area contributed by atoms with Gasteiger partial charge in [-0.3, -0.25) is 14.9 Å². The number of hydrogen-bond acceptors (Lipinski definition) is 5. The Hall–Kier alpha value is -2.48. The van der Waals surface area contributed by atoms with E-state index in [2.05, 4.69) is 10.6 Å². The molecule has 2 rings (SSSR count). The highest BCUT2D eigenvalue weighted by molar-refractivity contribution is 5.94. The molecule has 0 radical (unpaired) electrons. The van der Waals surface area contributed by atoms with E-state index in [1.54, 1.807) is 0 Å². The van der Waals surface area contributed by atoms with Crippen LogP contribution in [0.25, 0.3) is 0 Å². The molecule has 1 heterocycles. The molecule has 1 fully saturated rings. The van der Waals surface area contributed by atoms with E-state index in [-0.39, 0.29) is 24.1 Å². The van der Waals surface area contributed by atoms with Gasteiger partial charge in [-0.05, 0) is 5.56 Å². The first kappa shape index (κ1) is 13.9. The number of carboxylic acids is 1. The summed E-state index contributed by atoms with van der Waals surface area (Å²) < 4.78 is 0. The Labute approximate surface area is 113 Å². The molecular formula is C12H13N3O5. The topological polar surface area (TPSA) is 122 Å². The van der Waals surface area contributed by atoms with Crippen LogP contribution in [0.15, 0.2) is 18.2 Å². The first-order valence-electron chi connectivity index (χ1n) is 5.98. The number of carboxylic acid groups (broad SMARTS) is 1. The van der Waals surface area contributed by atoms with E-state index in [0.717, 1.165) is 6.07 Å². The third-order valence-corrected chi connectivity index (χ3v) is 3.10. The molecule has 1 saturated heterocycles. The quantitative estimate of drug-likeness (QED) is 0.525. The minimum Gasteiger partial charge on any atom is -0.477 e. The highest BCUT2D eigenvalue weighted by Gasteiger charge is 2.25. The van der Waals surface area contributed by atoms with Crippen molar-refractivity contribution in [3.8, 4) is 0 Å². The van der Waals surface area contributed by atoms with Crippen LogP contribution in [0.1, 0.15) is 22.3 Å². The van der Waals surface area contributed by atoms with Crippen molar-refractivity contribution in [1.29, 1.82) is 0 Å². The number of nitrogens with one attached hydrogen (secondary N) is 2. The molecule has 1 atom stereocenters. The molecule has 1 aromatic rings. The van der Waals surface area contributed by atoms with Crippen molar-refractivity contribution in [3.63, 3.8) is 0 Å². The maximum atomic E-state index is 11.2. The van der Waals surface area contributed by atoms with Gasteiger partial charge in [-0.1, -0.05) is 12.1 Å². The smallest absolute Gasteiger partial charge is 0.343 e. The zero-order valence-electron chi connectivity index (χ0n) is 10.5. The Morgan fingerprint density at radius 3 is 2.85 bits per heavy atom. The molecule has 1 aromatic carbocycles. The summed E-state index contributed by atoms with van der Waals surface area (Å²) in [6.07, 6.45) is 0.317. The largest absolute Gasteiger partial charge is 0.477 e. The number of nitrogens with zero attached hydrogens (tertiary/aromatic N) is 1. The monoisotopic (exact) mass is 279 g/mol. The van der Waals surface area contributed by atoms with Crippen LogP contribution in [-0.2, 0) is 11.3 Å². The molecule has 20 heavy (non-hydrogen) atoms. The van der Waals surface area contributed by atoms with Crippen LogP contribution < -0.4 is 10.6 Å². The van der Waals surface area contributed by atoms with Crippen LogP contribution in [-0.4, -0.2) is 34.5 Å². The number of amides is 1. The summed E-state index contributed by atoms with van der Waals surface area (Å²) in [6.45, 7) is 0.624. The lowest BCUT2D eigenvalue weighted by molar-refractivity contribution is -0.385. The summed E-state index contributed by atoms with van der Waals surface area (Å²) in [5.74, 6) is -1.41. The van der Waals surface area contributed by atoms with Crippen molar-refractivity contribution < 1.29 is 19.6 Å². The summed E-state index contributed by atoms with van der Waals surface area (Å²) in [7, 11) is 0. The molecule has 1 aliphatic heterocycles. The molecule has 0 saturated carbocycles. The maximum Gasteiger partial charge on any atom is 0.343 e. The van der Waals surface area contributed by atoms with Gasteiger partial charge in [0.2, 0.25) is 5.91 Å². The van der Waals surface area contributed by atoms with Gasteiger partial charge in [-0.2, -0.15) is 0 Å². The van der Waals surface area contributed by atoms with E-state index in [4.69, 9.17) is 5.11 Å². The molecular weight excluding hydrogens is 266 g/mol. The molecule has 0 spiro atoms. The van der Waals surface area contributed by atoms with E-state index >= 15 is 0 Å². The van der Waals surface area contributed by atoms with Gasteiger partial charge in [-0.15, -0.1) is 0 Å². The Morgan fingerprint density at radius 1 is 1.55 bits per heavy atom. The normalized spacial score (nSPS) is 17.8. The molecule has 0 aromatic heterocycles. The van der Waals surface area contributed by atoms with Crippen molar-refractivity contribution in [2.24, 2.45) is 0 Å². The van der Waals surface area contributed by atoms with Gasteiger partial charge in [0, 0.05) is 31.6 Å². The SMILES string of the molecule is O=C1CC(NCc2cccc([N+](=O)[O-])c2C(=O)O)CN1. The van der Waals surface area contributed by atoms with Crippen LogP contribution in [0.5, 0.6) is 0 Å². The third kappa shape index (κ3) is 2.91. The highest BCUT2D eigenvalue weighted by atomic mass is 16.6. The average Bonchev–Trinajstić information content (AvgIpc) is 2.81. The zero-order chi connectivity index (χ0) is 14.7. The van der Waals surface area contributed by atoms with Crippen molar-refractivity contribution >= 4 is 17.6 Å². The summed E-state index contributed by atoms with van der Waals surface area (Å²) in [5.41, 5.74) is -0.425. The lowest BCUT2D eigenvalue weighted by Crippen LogP contribution is -2.31. The lowest BCUT2D eigenvalue weighted by Gasteiger charge is -2.12. The molecule has 3 N–H and O–H groups in total. The Bertz CT molecular complexity index is 572. The number of aromatic carboxylic acids is 1. The fraction of sp³-hybridized carbons (Fsp3) is 0.333. The summed E-state index contributed by atoms with van der Waals surface area (Å²) in [6, 6.07) is 4.03. The van der Waals surface area contributed by atoms with E-state index in [0.29, 0.717) is 18.5 Å². The second kappa shape index (κ2) is 5.66. The molecule has 8 heteroatoms. The van der Waals surface area contributed by atoms with Crippen molar-refractivity contribution in [3.05, 3.63) is 39.4 Å². The Balaban J connectivity index is 2.18. The van der Waals surface area contributed by atoms with Gasteiger partial charge < -0.3 is 15.7 Å². The molecule has 0 aliphatic carbocycles. The Morgan fingerprint density at radius 2 is 2.30 bits per heavy atom. The fourth-order valence-corrected chi connectivity index (χ4v) is 2.14. The third-order valence-electron chi connectivity index (χ3n) is 3.10. The summed E-state index contributed by atoms with van der Waals surface area (Å²) in [4.78, 5) is 32.4. The molecule has 1 amide bonds. The number of rotatable bonds is 5. The molecule has 1 aliphatic rings. The number of carbonyl (C=O) groups excluding carboxylic acids is 1. The van der Waals surface area contributed by atoms with Crippen LogP contribution in [0.2, 0.25) is 0 Å². The van der Waals surface area contributed by atoms with Gasteiger partial charge in [0.15, 0.2) is 0 Å². The number of carbonyl (C=O) groups is 2. The number of benzene rings is 1. The van der Waals surface area contributed by atoms with Crippen molar-refractivity contribution in [2.45, 2.75) is 19.0 Å². The second-order valence-corrected chi connectivity index (χ2v) is 4.46. The number of nitro benzene ring substituents is 1. The van der Waals surface area contributed by atoms with E-state index in [1.165, 1.54) is 12.1 Å². The predicted molar refractivity (Wildman–Crippen MR) is 68.3 cm³/mol. The predicted octanol–water partition coefficient (Wildman–Crippen LogP) is 0.271. The van der Waals surface area contributed by atoms with Gasteiger partial charge >= 0.3 is 5.97 Å².